The number of halogens is 3. The molecule has 1 aliphatic heterocycles. The third kappa shape index (κ3) is 5.57. The van der Waals surface area contributed by atoms with E-state index in [4.69, 9.17) is 5.73 Å². The summed E-state index contributed by atoms with van der Waals surface area (Å²) in [7, 11) is 0. The van der Waals surface area contributed by atoms with Crippen LogP contribution in [-0.4, -0.2) is 36.2 Å². The summed E-state index contributed by atoms with van der Waals surface area (Å²) in [5.74, 6) is 0. The first-order valence-electron chi connectivity index (χ1n) is 6.96. The van der Waals surface area contributed by atoms with Crippen molar-refractivity contribution in [3.8, 4) is 0 Å². The molecule has 0 amide bonds. The van der Waals surface area contributed by atoms with E-state index >= 15 is 0 Å². The number of nitrogens with two attached hydrogens (primary N) is 1. The highest BCUT2D eigenvalue weighted by Crippen LogP contribution is 2.26. The molecule has 1 saturated heterocycles. The summed E-state index contributed by atoms with van der Waals surface area (Å²) in [6.45, 7) is 3.72. The van der Waals surface area contributed by atoms with E-state index < -0.39 is 12.6 Å². The number of nitrogens with zero attached hydrogens (tertiary/aromatic N) is 1. The smallest absolute Gasteiger partial charge is 0.330 e. The quantitative estimate of drug-likeness (QED) is 0.799. The summed E-state index contributed by atoms with van der Waals surface area (Å²) in [6, 6.07) is 0.717. The van der Waals surface area contributed by atoms with Gasteiger partial charge in [0.25, 0.3) is 0 Å². The van der Waals surface area contributed by atoms with Gasteiger partial charge in [0.2, 0.25) is 0 Å². The van der Waals surface area contributed by atoms with Crippen molar-refractivity contribution in [3.63, 3.8) is 0 Å². The number of likely N-dealkylation sites (tertiary alicyclic amines) is 1. The lowest BCUT2D eigenvalue weighted by atomic mass is 9.96. The second-order valence-corrected chi connectivity index (χ2v) is 5.32. The Hall–Kier alpha value is -0.290. The fourth-order valence-electron chi connectivity index (χ4n) is 2.87. The average Bonchev–Trinajstić information content (AvgIpc) is 2.28. The highest BCUT2D eigenvalue weighted by atomic mass is 19.4. The van der Waals surface area contributed by atoms with Crippen LogP contribution in [0.1, 0.15) is 51.9 Å². The van der Waals surface area contributed by atoms with Crippen LogP contribution in [0.5, 0.6) is 0 Å². The van der Waals surface area contributed by atoms with Gasteiger partial charge in [-0.3, -0.25) is 4.90 Å². The maximum absolute atomic E-state index is 12.1. The molecular weight excluding hydrogens is 241 g/mol. The maximum Gasteiger partial charge on any atom is 0.389 e. The van der Waals surface area contributed by atoms with E-state index in [-0.39, 0.29) is 12.5 Å². The summed E-state index contributed by atoms with van der Waals surface area (Å²) in [5.41, 5.74) is 5.60. The third-order valence-electron chi connectivity index (χ3n) is 3.82. The molecule has 108 valence electrons. The lowest BCUT2D eigenvalue weighted by Gasteiger charge is -2.40. The van der Waals surface area contributed by atoms with Crippen LogP contribution in [0, 0.1) is 0 Å². The largest absolute Gasteiger partial charge is 0.389 e. The van der Waals surface area contributed by atoms with Crippen molar-refractivity contribution in [1.82, 2.24) is 4.90 Å². The Labute approximate surface area is 108 Å². The first kappa shape index (κ1) is 15.8. The highest BCUT2D eigenvalue weighted by Gasteiger charge is 2.29. The molecule has 2 atom stereocenters. The second-order valence-electron chi connectivity index (χ2n) is 5.32. The van der Waals surface area contributed by atoms with Crippen LogP contribution in [0.3, 0.4) is 0 Å². The first-order chi connectivity index (χ1) is 8.44. The Balaban J connectivity index is 2.35. The van der Waals surface area contributed by atoms with Gasteiger partial charge in [-0.05, 0) is 52.1 Å². The van der Waals surface area contributed by atoms with Crippen LogP contribution in [0.15, 0.2) is 0 Å². The summed E-state index contributed by atoms with van der Waals surface area (Å²) in [4.78, 5) is 2.37. The van der Waals surface area contributed by atoms with Crippen LogP contribution >= 0.6 is 0 Å². The minimum atomic E-state index is -4.02. The van der Waals surface area contributed by atoms with Crippen molar-refractivity contribution in [3.05, 3.63) is 0 Å². The molecule has 2 unspecified atom stereocenters. The van der Waals surface area contributed by atoms with Gasteiger partial charge in [-0.25, -0.2) is 0 Å². The Bertz CT molecular complexity index is 229. The molecule has 0 saturated carbocycles. The van der Waals surface area contributed by atoms with Crippen LogP contribution < -0.4 is 5.73 Å². The van der Waals surface area contributed by atoms with Gasteiger partial charge in [0, 0.05) is 18.5 Å². The molecule has 0 radical (unpaired) electrons. The monoisotopic (exact) mass is 266 g/mol. The van der Waals surface area contributed by atoms with Gasteiger partial charge in [0.15, 0.2) is 0 Å². The van der Waals surface area contributed by atoms with Crippen molar-refractivity contribution >= 4 is 0 Å². The van der Waals surface area contributed by atoms with Gasteiger partial charge in [-0.2, -0.15) is 13.2 Å². The summed E-state index contributed by atoms with van der Waals surface area (Å²) < 4.78 is 36.3. The Morgan fingerprint density at radius 2 is 2.06 bits per heavy atom. The molecule has 2 N–H and O–H groups in total. The molecule has 1 rings (SSSR count). The molecular formula is C13H25F3N2. The van der Waals surface area contributed by atoms with Crippen LogP contribution in [0.25, 0.3) is 0 Å². The molecule has 0 aromatic rings. The van der Waals surface area contributed by atoms with Crippen molar-refractivity contribution in [2.45, 2.75) is 70.1 Å². The summed E-state index contributed by atoms with van der Waals surface area (Å²) in [5, 5.41) is 0. The highest BCUT2D eigenvalue weighted by molar-refractivity contribution is 4.81. The van der Waals surface area contributed by atoms with Crippen molar-refractivity contribution in [2.24, 2.45) is 5.73 Å². The van der Waals surface area contributed by atoms with Gasteiger partial charge in [0.1, 0.15) is 0 Å². The fraction of sp³-hybridized carbons (Fsp3) is 1.00. The Morgan fingerprint density at radius 1 is 1.33 bits per heavy atom. The molecule has 1 heterocycles. The minimum absolute atomic E-state index is 0.233. The molecule has 5 heteroatoms. The third-order valence-corrected chi connectivity index (χ3v) is 3.82. The van der Waals surface area contributed by atoms with Gasteiger partial charge in [-0.15, -0.1) is 0 Å². The molecule has 1 aliphatic rings. The molecule has 0 aromatic carbocycles. The van der Waals surface area contributed by atoms with Crippen LogP contribution in [-0.2, 0) is 0 Å². The van der Waals surface area contributed by atoms with E-state index in [0.29, 0.717) is 19.0 Å². The van der Waals surface area contributed by atoms with E-state index in [1.807, 2.05) is 6.92 Å². The van der Waals surface area contributed by atoms with E-state index in [1.54, 1.807) is 0 Å². The van der Waals surface area contributed by atoms with Crippen molar-refractivity contribution < 1.29 is 13.2 Å². The average molecular weight is 266 g/mol. The van der Waals surface area contributed by atoms with E-state index in [2.05, 4.69) is 4.90 Å². The van der Waals surface area contributed by atoms with Gasteiger partial charge < -0.3 is 5.73 Å². The van der Waals surface area contributed by atoms with Gasteiger partial charge >= 0.3 is 6.18 Å². The lowest BCUT2D eigenvalue weighted by Crippen LogP contribution is -2.45. The zero-order valence-corrected chi connectivity index (χ0v) is 11.2. The normalized spacial score (nSPS) is 24.2. The Kier molecular flexibility index (Phi) is 6.43. The van der Waals surface area contributed by atoms with Gasteiger partial charge in [-0.1, -0.05) is 6.42 Å². The standard InChI is InChI=1S/C13H25F3N2/c1-11(5-4-8-13(14,15)16)18-10-3-2-6-12(18)7-9-17/h11-12H,2-10,17H2,1H3. The minimum Gasteiger partial charge on any atom is -0.330 e. The molecule has 0 bridgehead atoms. The molecule has 0 aliphatic carbocycles. The van der Waals surface area contributed by atoms with E-state index in [9.17, 15) is 13.2 Å². The zero-order chi connectivity index (χ0) is 13.6. The number of hydrogen-bond donors (Lipinski definition) is 1. The van der Waals surface area contributed by atoms with Crippen molar-refractivity contribution in [2.75, 3.05) is 13.1 Å². The lowest BCUT2D eigenvalue weighted by molar-refractivity contribution is -0.136. The predicted molar refractivity (Wildman–Crippen MR) is 67.4 cm³/mol. The first-order valence-corrected chi connectivity index (χ1v) is 6.96. The SMILES string of the molecule is CC(CCCC(F)(F)F)N1CCCCC1CCN. The topological polar surface area (TPSA) is 29.3 Å². The molecule has 18 heavy (non-hydrogen) atoms. The molecule has 0 spiro atoms. The number of alkyl halides is 3. The summed E-state index contributed by atoms with van der Waals surface area (Å²) in [6.07, 6.45) is 0.660. The molecule has 2 nitrogen and oxygen atoms in total. The number of rotatable bonds is 6. The molecule has 1 fully saturated rings. The number of hydrogen-bond acceptors (Lipinski definition) is 2. The van der Waals surface area contributed by atoms with Gasteiger partial charge in [0.05, 0.1) is 0 Å². The fourth-order valence-corrected chi connectivity index (χ4v) is 2.87. The van der Waals surface area contributed by atoms with E-state index in [0.717, 1.165) is 25.8 Å². The second kappa shape index (κ2) is 7.34. The van der Waals surface area contributed by atoms with Crippen LogP contribution in [0.4, 0.5) is 13.2 Å². The molecule has 0 aromatic heterocycles. The number of piperidine rings is 1. The maximum atomic E-state index is 12.1. The van der Waals surface area contributed by atoms with Crippen molar-refractivity contribution in [1.29, 1.82) is 0 Å². The predicted octanol–water partition coefficient (Wildman–Crippen LogP) is 3.31. The zero-order valence-electron chi connectivity index (χ0n) is 11.2. The van der Waals surface area contributed by atoms with E-state index in [1.165, 1.54) is 6.42 Å². The summed E-state index contributed by atoms with van der Waals surface area (Å²) >= 11 is 0. The van der Waals surface area contributed by atoms with Crippen LogP contribution in [0.2, 0.25) is 0 Å². The Morgan fingerprint density at radius 3 is 2.67 bits per heavy atom.